The summed E-state index contributed by atoms with van der Waals surface area (Å²) in [5.41, 5.74) is 0.951. The molecular weight excluding hydrogens is 416 g/mol. The van der Waals surface area contributed by atoms with Crippen LogP contribution in [0.15, 0.2) is 37.2 Å². The molecule has 3 aromatic rings. The molecule has 1 saturated carbocycles. The molecule has 0 amide bonds. The van der Waals surface area contributed by atoms with Crippen LogP contribution in [0.5, 0.6) is 11.8 Å². The SMILES string of the molecule is C=Cn1nc(NC2[C@@H]3CC[C@H]2CN(c2cc(C)ncn2)C3)nc1Oc1cc(F)cc(F)c1. The number of benzene rings is 1. The lowest BCUT2D eigenvalue weighted by Crippen LogP contribution is -2.48. The van der Waals surface area contributed by atoms with Crippen molar-refractivity contribution in [3.05, 3.63) is 54.5 Å². The van der Waals surface area contributed by atoms with Gasteiger partial charge in [-0.05, 0) is 31.6 Å². The Morgan fingerprint density at radius 1 is 1.09 bits per heavy atom. The predicted molar refractivity (Wildman–Crippen MR) is 115 cm³/mol. The van der Waals surface area contributed by atoms with Crippen molar-refractivity contribution in [1.29, 1.82) is 0 Å². The first kappa shape index (κ1) is 20.3. The number of anilines is 2. The molecule has 8 nitrogen and oxygen atoms in total. The molecule has 10 heteroatoms. The maximum atomic E-state index is 13.5. The molecule has 2 fully saturated rings. The lowest BCUT2D eigenvalue weighted by molar-refractivity contribution is 0.374. The van der Waals surface area contributed by atoms with Gasteiger partial charge >= 0.3 is 6.01 Å². The second-order valence-electron chi connectivity index (χ2n) is 8.24. The molecule has 5 rings (SSSR count). The minimum Gasteiger partial charge on any atom is -0.424 e. The highest BCUT2D eigenvalue weighted by Crippen LogP contribution is 2.39. The standard InChI is InChI=1S/C22H23F2N7O/c1-3-31-22(32-18-8-16(23)7-17(24)9-18)28-21(29-31)27-20-14-4-5-15(20)11-30(10-14)19-6-13(2)25-12-26-19/h3,6-9,12,14-15,20H,1,4-5,10-11H2,2H3,(H,27,29)/t14-,15+,20?. The van der Waals surface area contributed by atoms with Crippen LogP contribution in [0.3, 0.4) is 0 Å². The summed E-state index contributed by atoms with van der Waals surface area (Å²) in [5, 5.41) is 7.83. The van der Waals surface area contributed by atoms with E-state index >= 15 is 0 Å². The second-order valence-corrected chi connectivity index (χ2v) is 8.24. The molecule has 32 heavy (non-hydrogen) atoms. The molecule has 1 N–H and O–H groups in total. The van der Waals surface area contributed by atoms with E-state index < -0.39 is 11.6 Å². The van der Waals surface area contributed by atoms with E-state index in [2.05, 4.69) is 36.8 Å². The largest absolute Gasteiger partial charge is 0.424 e. The number of ether oxygens (including phenoxy) is 1. The molecule has 2 bridgehead atoms. The van der Waals surface area contributed by atoms with Gasteiger partial charge in [0.15, 0.2) is 0 Å². The summed E-state index contributed by atoms with van der Waals surface area (Å²) < 4.78 is 33.9. The molecule has 3 atom stereocenters. The van der Waals surface area contributed by atoms with Gasteiger partial charge in [-0.2, -0.15) is 9.67 Å². The Bertz CT molecular complexity index is 1120. The Morgan fingerprint density at radius 2 is 1.81 bits per heavy atom. The van der Waals surface area contributed by atoms with Crippen molar-refractivity contribution in [3.8, 4) is 11.8 Å². The molecule has 1 aliphatic carbocycles. The molecule has 2 aliphatic rings. The number of rotatable bonds is 6. The van der Waals surface area contributed by atoms with Crippen LogP contribution >= 0.6 is 0 Å². The van der Waals surface area contributed by atoms with Crippen LogP contribution < -0.4 is 15.0 Å². The van der Waals surface area contributed by atoms with E-state index in [1.807, 2.05) is 13.0 Å². The minimum atomic E-state index is -0.731. The van der Waals surface area contributed by atoms with E-state index in [1.165, 1.54) is 10.9 Å². The lowest BCUT2D eigenvalue weighted by atomic mass is 9.92. The number of halogens is 2. The third-order valence-corrected chi connectivity index (χ3v) is 6.06. The normalized spacial score (nSPS) is 22.1. The lowest BCUT2D eigenvalue weighted by Gasteiger charge is -2.38. The molecule has 1 unspecified atom stereocenters. The van der Waals surface area contributed by atoms with E-state index in [4.69, 9.17) is 4.74 Å². The number of hydrogen-bond donors (Lipinski definition) is 1. The maximum absolute atomic E-state index is 13.5. The highest BCUT2D eigenvalue weighted by Gasteiger charge is 2.43. The molecule has 3 heterocycles. The topological polar surface area (TPSA) is 81.0 Å². The molecule has 1 saturated heterocycles. The van der Waals surface area contributed by atoms with E-state index in [-0.39, 0.29) is 17.8 Å². The Balaban J connectivity index is 1.31. The molecule has 2 aromatic heterocycles. The van der Waals surface area contributed by atoms with E-state index in [1.54, 1.807) is 6.33 Å². The van der Waals surface area contributed by atoms with Crippen molar-refractivity contribution in [2.45, 2.75) is 25.8 Å². The molecule has 0 spiro atoms. The summed E-state index contributed by atoms with van der Waals surface area (Å²) in [5.74, 6) is 0.723. The van der Waals surface area contributed by atoms with Crippen LogP contribution in [0.1, 0.15) is 18.5 Å². The van der Waals surface area contributed by atoms with Crippen LogP contribution in [-0.4, -0.2) is 43.9 Å². The number of fused-ring (bicyclic) bond motifs is 2. The molecule has 166 valence electrons. The number of hydrogen-bond acceptors (Lipinski definition) is 7. The molecule has 1 aromatic carbocycles. The van der Waals surface area contributed by atoms with Gasteiger partial charge in [-0.1, -0.05) is 6.58 Å². The zero-order valence-corrected chi connectivity index (χ0v) is 17.6. The predicted octanol–water partition coefficient (Wildman–Crippen LogP) is 3.87. The van der Waals surface area contributed by atoms with Crippen LogP contribution in [0.25, 0.3) is 6.20 Å². The summed E-state index contributed by atoms with van der Waals surface area (Å²) in [6.45, 7) is 7.45. The van der Waals surface area contributed by atoms with Gasteiger partial charge in [-0.15, -0.1) is 5.10 Å². The van der Waals surface area contributed by atoms with Crippen LogP contribution in [0, 0.1) is 30.4 Å². The summed E-state index contributed by atoms with van der Waals surface area (Å²) in [6, 6.07) is 5.26. The van der Waals surface area contributed by atoms with Gasteiger partial charge in [0, 0.05) is 55.3 Å². The van der Waals surface area contributed by atoms with Crippen LogP contribution in [0.2, 0.25) is 0 Å². The number of aromatic nitrogens is 5. The summed E-state index contributed by atoms with van der Waals surface area (Å²) in [4.78, 5) is 15.3. The van der Waals surface area contributed by atoms with Crippen LogP contribution in [-0.2, 0) is 0 Å². The number of piperidine rings is 1. The monoisotopic (exact) mass is 439 g/mol. The van der Waals surface area contributed by atoms with Gasteiger partial charge in [0.1, 0.15) is 29.5 Å². The van der Waals surface area contributed by atoms with Gasteiger partial charge in [-0.3, -0.25) is 0 Å². The third-order valence-electron chi connectivity index (χ3n) is 6.06. The number of nitrogens with zero attached hydrogens (tertiary/aromatic N) is 6. The molecular formula is C22H23F2N7O. The number of nitrogens with one attached hydrogen (secondary N) is 1. The summed E-state index contributed by atoms with van der Waals surface area (Å²) in [7, 11) is 0. The Kier molecular flexibility index (Phi) is 5.20. The van der Waals surface area contributed by atoms with Crippen molar-refractivity contribution in [2.75, 3.05) is 23.3 Å². The van der Waals surface area contributed by atoms with E-state index in [0.717, 1.165) is 55.6 Å². The second kappa shape index (κ2) is 8.18. The average Bonchev–Trinajstić information content (AvgIpc) is 3.22. The van der Waals surface area contributed by atoms with Gasteiger partial charge in [0.2, 0.25) is 5.95 Å². The quantitative estimate of drug-likeness (QED) is 0.624. The fraction of sp³-hybridized carbons (Fsp3) is 0.364. The highest BCUT2D eigenvalue weighted by atomic mass is 19.1. The van der Waals surface area contributed by atoms with Crippen molar-refractivity contribution < 1.29 is 13.5 Å². The fourth-order valence-corrected chi connectivity index (χ4v) is 4.66. The van der Waals surface area contributed by atoms with Crippen molar-refractivity contribution in [1.82, 2.24) is 24.7 Å². The van der Waals surface area contributed by atoms with Gasteiger partial charge in [-0.25, -0.2) is 18.7 Å². The Hall–Kier alpha value is -3.56. The van der Waals surface area contributed by atoms with E-state index in [0.29, 0.717) is 17.8 Å². The van der Waals surface area contributed by atoms with Crippen molar-refractivity contribution in [2.24, 2.45) is 11.8 Å². The van der Waals surface area contributed by atoms with Gasteiger partial charge in [0.05, 0.1) is 0 Å². The van der Waals surface area contributed by atoms with Crippen molar-refractivity contribution >= 4 is 18.0 Å². The Morgan fingerprint density at radius 3 is 2.47 bits per heavy atom. The molecule has 0 radical (unpaired) electrons. The molecule has 1 aliphatic heterocycles. The summed E-state index contributed by atoms with van der Waals surface area (Å²) in [6.07, 6.45) is 5.25. The number of aryl methyl sites for hydroxylation is 1. The van der Waals surface area contributed by atoms with Crippen molar-refractivity contribution in [3.63, 3.8) is 0 Å². The first-order valence-corrected chi connectivity index (χ1v) is 10.5. The Labute approximate surface area is 184 Å². The first-order chi connectivity index (χ1) is 15.5. The van der Waals surface area contributed by atoms with Gasteiger partial charge in [0.25, 0.3) is 0 Å². The average molecular weight is 439 g/mol. The zero-order valence-electron chi connectivity index (χ0n) is 17.6. The van der Waals surface area contributed by atoms with Gasteiger partial charge < -0.3 is 15.0 Å². The summed E-state index contributed by atoms with van der Waals surface area (Å²) >= 11 is 0. The maximum Gasteiger partial charge on any atom is 0.326 e. The zero-order chi connectivity index (χ0) is 22.2. The fourth-order valence-electron chi connectivity index (χ4n) is 4.66. The highest BCUT2D eigenvalue weighted by molar-refractivity contribution is 5.42. The smallest absolute Gasteiger partial charge is 0.326 e. The third kappa shape index (κ3) is 4.00. The van der Waals surface area contributed by atoms with E-state index in [9.17, 15) is 8.78 Å². The minimum absolute atomic E-state index is 0.00179. The van der Waals surface area contributed by atoms with Crippen LogP contribution in [0.4, 0.5) is 20.5 Å². The first-order valence-electron chi connectivity index (χ1n) is 10.5.